The van der Waals surface area contributed by atoms with Crippen LogP contribution in [0.15, 0.2) is 30.5 Å². The molecule has 10 N–H and O–H groups in total. The monoisotopic (exact) mass is 536 g/mol. The van der Waals surface area contributed by atoms with Gasteiger partial charge in [0.15, 0.2) is 0 Å². The number of aliphatic carboxylic acids is 1. The van der Waals surface area contributed by atoms with Gasteiger partial charge in [-0.3, -0.25) is 19.2 Å². The molecule has 0 radical (unpaired) electrons. The Kier molecular flexibility index (Phi) is 11.4. The molecular formula is C23H32N6O7S. The van der Waals surface area contributed by atoms with Gasteiger partial charge in [0.25, 0.3) is 0 Å². The predicted molar refractivity (Wildman–Crippen MR) is 137 cm³/mol. The molecule has 0 aliphatic carbocycles. The molecule has 1 aromatic carbocycles. The summed E-state index contributed by atoms with van der Waals surface area (Å²) in [6, 6.07) is 2.12. The lowest BCUT2D eigenvalue weighted by molar-refractivity contribution is -0.143. The Labute approximate surface area is 217 Å². The first-order valence-corrected chi connectivity index (χ1v) is 12.8. The van der Waals surface area contributed by atoms with E-state index in [9.17, 15) is 29.1 Å². The zero-order valence-electron chi connectivity index (χ0n) is 20.2. The van der Waals surface area contributed by atoms with E-state index < -0.39 is 66.8 Å². The number of carboxylic acids is 1. The maximum atomic E-state index is 13.2. The number of hydrogen-bond acceptors (Lipinski definition) is 8. The number of carbonyl (C=O) groups is 5. The molecule has 0 bridgehead atoms. The molecule has 0 fully saturated rings. The lowest BCUT2D eigenvalue weighted by Crippen LogP contribution is -2.58. The fraction of sp³-hybridized carbons (Fsp3) is 0.435. The highest BCUT2D eigenvalue weighted by Crippen LogP contribution is 2.19. The smallest absolute Gasteiger partial charge is 0.326 e. The largest absolute Gasteiger partial charge is 0.480 e. The number of benzene rings is 1. The van der Waals surface area contributed by atoms with Gasteiger partial charge in [-0.15, -0.1) is 0 Å². The van der Waals surface area contributed by atoms with E-state index >= 15 is 0 Å². The van der Waals surface area contributed by atoms with Crippen molar-refractivity contribution in [3.05, 3.63) is 36.0 Å². The van der Waals surface area contributed by atoms with Crippen LogP contribution in [0.25, 0.3) is 10.9 Å². The van der Waals surface area contributed by atoms with Gasteiger partial charge in [0.05, 0.1) is 13.0 Å². The summed E-state index contributed by atoms with van der Waals surface area (Å²) in [7, 11) is 0. The van der Waals surface area contributed by atoms with E-state index in [4.69, 9.17) is 16.6 Å². The molecule has 2 aromatic rings. The second-order valence-corrected chi connectivity index (χ2v) is 9.31. The molecule has 37 heavy (non-hydrogen) atoms. The number of thioether (sulfide) groups is 1. The lowest BCUT2D eigenvalue weighted by atomic mass is 10.0. The molecule has 1 heterocycles. The van der Waals surface area contributed by atoms with E-state index in [2.05, 4.69) is 20.9 Å². The average molecular weight is 537 g/mol. The number of aliphatic hydroxyl groups is 1. The molecule has 0 aliphatic heterocycles. The fourth-order valence-electron chi connectivity index (χ4n) is 3.54. The number of carbonyl (C=O) groups excluding carboxylic acids is 4. The van der Waals surface area contributed by atoms with Crippen LogP contribution in [0.3, 0.4) is 0 Å². The first kappa shape index (κ1) is 29.6. The van der Waals surface area contributed by atoms with Crippen molar-refractivity contribution < 1.29 is 34.2 Å². The number of primary amides is 1. The molecule has 0 saturated carbocycles. The van der Waals surface area contributed by atoms with Gasteiger partial charge < -0.3 is 42.6 Å². The van der Waals surface area contributed by atoms with Gasteiger partial charge >= 0.3 is 5.97 Å². The van der Waals surface area contributed by atoms with Crippen molar-refractivity contribution in [3.63, 3.8) is 0 Å². The van der Waals surface area contributed by atoms with E-state index in [-0.39, 0.29) is 12.8 Å². The Hall–Kier alpha value is -3.62. The van der Waals surface area contributed by atoms with E-state index in [1.54, 1.807) is 12.3 Å². The van der Waals surface area contributed by atoms with Crippen molar-refractivity contribution in [2.75, 3.05) is 18.6 Å². The predicted octanol–water partition coefficient (Wildman–Crippen LogP) is -1.80. The number of rotatable bonds is 15. The molecule has 4 unspecified atom stereocenters. The fourth-order valence-corrected chi connectivity index (χ4v) is 4.01. The van der Waals surface area contributed by atoms with E-state index in [0.29, 0.717) is 11.3 Å². The molecule has 202 valence electrons. The van der Waals surface area contributed by atoms with Gasteiger partial charge in [-0.2, -0.15) is 11.8 Å². The number of nitrogens with one attached hydrogen (secondary N) is 4. The molecule has 13 nitrogen and oxygen atoms in total. The third kappa shape index (κ3) is 8.77. The highest BCUT2D eigenvalue weighted by atomic mass is 32.2. The van der Waals surface area contributed by atoms with Crippen LogP contribution in [0.1, 0.15) is 18.4 Å². The highest BCUT2D eigenvalue weighted by Gasteiger charge is 2.31. The first-order valence-electron chi connectivity index (χ1n) is 11.4. The average Bonchev–Trinajstić information content (AvgIpc) is 3.27. The summed E-state index contributed by atoms with van der Waals surface area (Å²) in [5.74, 6) is -4.19. The van der Waals surface area contributed by atoms with Crippen LogP contribution in [-0.4, -0.2) is 87.6 Å². The van der Waals surface area contributed by atoms with Gasteiger partial charge in [-0.1, -0.05) is 18.2 Å². The Morgan fingerprint density at radius 3 is 2.24 bits per heavy atom. The van der Waals surface area contributed by atoms with Gasteiger partial charge in [0, 0.05) is 23.5 Å². The van der Waals surface area contributed by atoms with Gasteiger partial charge in [-0.05, 0) is 30.1 Å². The topological polar surface area (TPSA) is 230 Å². The molecule has 14 heteroatoms. The first-order chi connectivity index (χ1) is 17.6. The van der Waals surface area contributed by atoms with Crippen LogP contribution in [0.5, 0.6) is 0 Å². The Morgan fingerprint density at radius 2 is 1.62 bits per heavy atom. The summed E-state index contributed by atoms with van der Waals surface area (Å²) in [6.45, 7) is -0.620. The number of carboxylic acid groups (broad SMARTS) is 1. The minimum Gasteiger partial charge on any atom is -0.480 e. The summed E-state index contributed by atoms with van der Waals surface area (Å²) in [4.78, 5) is 64.5. The molecule has 0 saturated heterocycles. The third-order valence-electron chi connectivity index (χ3n) is 5.53. The van der Waals surface area contributed by atoms with Crippen LogP contribution in [0, 0.1) is 0 Å². The molecular weight excluding hydrogens is 504 g/mol. The molecule has 4 atom stereocenters. The number of hydrogen-bond donors (Lipinski definition) is 8. The number of nitrogens with two attached hydrogens (primary N) is 2. The number of aromatic nitrogens is 1. The van der Waals surface area contributed by atoms with E-state index in [1.807, 2.05) is 24.5 Å². The van der Waals surface area contributed by atoms with Crippen molar-refractivity contribution in [2.45, 2.75) is 43.4 Å². The maximum absolute atomic E-state index is 13.2. The quantitative estimate of drug-likeness (QED) is 0.128. The number of fused-ring (bicyclic) bond motifs is 1. The second kappa shape index (κ2) is 14.2. The minimum atomic E-state index is -1.60. The van der Waals surface area contributed by atoms with Gasteiger partial charge in [0.1, 0.15) is 24.2 Å². The molecule has 0 aliphatic rings. The number of para-hydroxylation sites is 1. The molecule has 2 rings (SSSR count). The van der Waals surface area contributed by atoms with E-state index in [1.165, 1.54) is 11.8 Å². The van der Waals surface area contributed by atoms with Crippen LogP contribution < -0.4 is 27.4 Å². The highest BCUT2D eigenvalue weighted by molar-refractivity contribution is 7.98. The number of amides is 4. The number of aromatic amines is 1. The van der Waals surface area contributed by atoms with Crippen LogP contribution in [-0.2, 0) is 30.4 Å². The Bertz CT molecular complexity index is 1120. The summed E-state index contributed by atoms with van der Waals surface area (Å²) in [5, 5.41) is 26.7. The molecule has 0 spiro atoms. The standard InChI is InChI=1S/C23H32N6O7S/c1-37-7-6-16(27-20(32)14(24)11-30)21(33)28-17(22(34)29-18(23(35)36)9-19(25)31)8-12-10-26-15-5-3-2-4-13(12)15/h2-5,10,14,16-18,26,30H,6-9,11,24H2,1H3,(H2,25,31)(H,27,32)(H,28,33)(H,29,34)(H,35,36). The Balaban J connectivity index is 2.32. The maximum Gasteiger partial charge on any atom is 0.326 e. The minimum absolute atomic E-state index is 0.0240. The third-order valence-corrected chi connectivity index (χ3v) is 6.17. The summed E-state index contributed by atoms with van der Waals surface area (Å²) in [6.07, 6.45) is 3.03. The summed E-state index contributed by atoms with van der Waals surface area (Å²) >= 11 is 1.43. The van der Waals surface area contributed by atoms with Crippen molar-refractivity contribution in [2.24, 2.45) is 11.5 Å². The lowest BCUT2D eigenvalue weighted by Gasteiger charge is -2.25. The second-order valence-electron chi connectivity index (χ2n) is 8.33. The van der Waals surface area contributed by atoms with Gasteiger partial charge in [0.2, 0.25) is 23.6 Å². The Morgan fingerprint density at radius 1 is 1.00 bits per heavy atom. The van der Waals surface area contributed by atoms with E-state index in [0.717, 1.165) is 10.9 Å². The molecule has 1 aromatic heterocycles. The van der Waals surface area contributed by atoms with Gasteiger partial charge in [-0.25, -0.2) is 4.79 Å². The van der Waals surface area contributed by atoms with Crippen LogP contribution in [0.4, 0.5) is 0 Å². The van der Waals surface area contributed by atoms with Crippen LogP contribution in [0.2, 0.25) is 0 Å². The molecule has 4 amide bonds. The van der Waals surface area contributed by atoms with Crippen molar-refractivity contribution in [1.82, 2.24) is 20.9 Å². The normalized spacial score (nSPS) is 14.2. The van der Waals surface area contributed by atoms with Crippen molar-refractivity contribution in [1.29, 1.82) is 0 Å². The number of H-pyrrole nitrogens is 1. The summed E-state index contributed by atoms with van der Waals surface area (Å²) in [5.41, 5.74) is 12.1. The van der Waals surface area contributed by atoms with Crippen molar-refractivity contribution >= 4 is 52.3 Å². The SMILES string of the molecule is CSCCC(NC(=O)C(N)CO)C(=O)NC(Cc1c[nH]c2ccccc12)C(=O)NC(CC(N)=O)C(=O)O. The number of aliphatic hydroxyl groups excluding tert-OH is 1. The van der Waals surface area contributed by atoms with Crippen molar-refractivity contribution in [3.8, 4) is 0 Å². The van der Waals surface area contributed by atoms with Crippen LogP contribution >= 0.6 is 11.8 Å². The zero-order valence-corrected chi connectivity index (χ0v) is 21.0. The summed E-state index contributed by atoms with van der Waals surface area (Å²) < 4.78 is 0. The zero-order chi connectivity index (χ0) is 27.5.